The molecule has 0 radical (unpaired) electrons. The van der Waals surface area contributed by atoms with Crippen molar-refractivity contribution in [3.8, 4) is 23.0 Å². The molecule has 4 nitrogen and oxygen atoms in total. The molecule has 5 heteroatoms. The first-order chi connectivity index (χ1) is 14.8. The molecule has 0 atom stereocenters. The third kappa shape index (κ3) is 2.70. The normalized spacial score (nSPS) is 12.4. The second-order valence-electron chi connectivity index (χ2n) is 7.03. The number of fused-ring (bicyclic) bond motifs is 3. The minimum atomic E-state index is 0.597. The number of nitrogens with zero attached hydrogens (tertiary/aromatic N) is 2. The summed E-state index contributed by atoms with van der Waals surface area (Å²) in [7, 11) is 0. The fraction of sp³-hybridized carbons (Fsp3) is 0. The smallest absolute Gasteiger partial charge is 0.227 e. The number of hydrogen-bond acceptors (Lipinski definition) is 4. The van der Waals surface area contributed by atoms with Crippen LogP contribution in [0.3, 0.4) is 0 Å². The van der Waals surface area contributed by atoms with Gasteiger partial charge < -0.3 is 14.1 Å². The van der Waals surface area contributed by atoms with E-state index in [1.165, 1.54) is 0 Å². The molecule has 0 saturated carbocycles. The molecule has 30 heavy (non-hydrogen) atoms. The van der Waals surface area contributed by atoms with Gasteiger partial charge in [-0.2, -0.15) is 0 Å². The molecule has 6 rings (SSSR count). The number of anilines is 3. The molecule has 0 fully saturated rings. The molecule has 5 aromatic rings. The molecular weight excluding hydrogens is 440 g/mol. The third-order valence-electron chi connectivity index (χ3n) is 5.16. The zero-order chi connectivity index (χ0) is 20.1. The van der Waals surface area contributed by atoms with Crippen LogP contribution < -0.4 is 9.64 Å². The number of rotatable bonds is 2. The van der Waals surface area contributed by atoms with Gasteiger partial charge in [-0.05, 0) is 70.5 Å². The highest BCUT2D eigenvalue weighted by atomic mass is 79.9. The molecule has 1 aliphatic heterocycles. The maximum atomic E-state index is 6.14. The molecule has 1 aromatic heterocycles. The van der Waals surface area contributed by atoms with Crippen LogP contribution in [0.1, 0.15) is 0 Å². The highest BCUT2D eigenvalue weighted by molar-refractivity contribution is 9.10. The molecule has 4 aromatic carbocycles. The minimum Gasteiger partial charge on any atom is -0.453 e. The summed E-state index contributed by atoms with van der Waals surface area (Å²) in [5.74, 6) is 2.23. The lowest BCUT2D eigenvalue weighted by Gasteiger charge is -2.33. The van der Waals surface area contributed by atoms with Gasteiger partial charge in [0.05, 0.1) is 17.1 Å². The number of benzene rings is 4. The summed E-state index contributed by atoms with van der Waals surface area (Å²) in [5.41, 5.74) is 5.47. The Balaban J connectivity index is 1.55. The topological polar surface area (TPSA) is 38.5 Å². The predicted molar refractivity (Wildman–Crippen MR) is 122 cm³/mol. The SMILES string of the molecule is Brc1ccc(-c2nc3ccccc3o2)cc1N1c2ccccc2Oc2ccccc21. The van der Waals surface area contributed by atoms with Crippen LogP contribution in [0.25, 0.3) is 22.6 Å². The first kappa shape index (κ1) is 17.3. The summed E-state index contributed by atoms with van der Waals surface area (Å²) in [5, 5.41) is 0. The highest BCUT2D eigenvalue weighted by Gasteiger charge is 2.27. The molecule has 0 N–H and O–H groups in total. The van der Waals surface area contributed by atoms with Crippen LogP contribution >= 0.6 is 15.9 Å². The average molecular weight is 455 g/mol. The van der Waals surface area contributed by atoms with Crippen LogP contribution in [0.5, 0.6) is 11.5 Å². The van der Waals surface area contributed by atoms with Gasteiger partial charge in [0.1, 0.15) is 5.52 Å². The Labute approximate surface area is 181 Å². The Morgan fingerprint density at radius 3 is 2.10 bits per heavy atom. The fourth-order valence-corrected chi connectivity index (χ4v) is 4.20. The Morgan fingerprint density at radius 1 is 0.700 bits per heavy atom. The van der Waals surface area contributed by atoms with Crippen molar-refractivity contribution in [1.82, 2.24) is 4.98 Å². The number of aromatic nitrogens is 1. The van der Waals surface area contributed by atoms with E-state index >= 15 is 0 Å². The zero-order valence-electron chi connectivity index (χ0n) is 15.7. The van der Waals surface area contributed by atoms with E-state index in [0.29, 0.717) is 5.89 Å². The van der Waals surface area contributed by atoms with E-state index in [-0.39, 0.29) is 0 Å². The van der Waals surface area contributed by atoms with Gasteiger partial charge in [-0.25, -0.2) is 4.98 Å². The van der Waals surface area contributed by atoms with Gasteiger partial charge in [0.2, 0.25) is 5.89 Å². The first-order valence-electron chi connectivity index (χ1n) is 9.59. The lowest BCUT2D eigenvalue weighted by molar-refractivity contribution is 0.477. The molecule has 0 unspecified atom stereocenters. The van der Waals surface area contributed by atoms with Crippen molar-refractivity contribution < 1.29 is 9.15 Å². The quantitative estimate of drug-likeness (QED) is 0.267. The van der Waals surface area contributed by atoms with Gasteiger partial charge in [-0.3, -0.25) is 0 Å². The van der Waals surface area contributed by atoms with E-state index in [9.17, 15) is 0 Å². The molecule has 0 amide bonds. The lowest BCUT2D eigenvalue weighted by atomic mass is 10.1. The third-order valence-corrected chi connectivity index (χ3v) is 5.83. The summed E-state index contributed by atoms with van der Waals surface area (Å²) in [6.07, 6.45) is 0. The summed E-state index contributed by atoms with van der Waals surface area (Å²) in [4.78, 5) is 6.86. The second kappa shape index (κ2) is 6.75. The zero-order valence-corrected chi connectivity index (χ0v) is 17.3. The maximum Gasteiger partial charge on any atom is 0.227 e. The van der Waals surface area contributed by atoms with Crippen LogP contribution in [0.2, 0.25) is 0 Å². The van der Waals surface area contributed by atoms with Crippen LogP contribution in [-0.4, -0.2) is 4.98 Å². The summed E-state index contributed by atoms with van der Waals surface area (Å²) < 4.78 is 13.1. The summed E-state index contributed by atoms with van der Waals surface area (Å²) in [6.45, 7) is 0. The van der Waals surface area contributed by atoms with Crippen molar-refractivity contribution in [2.45, 2.75) is 0 Å². The molecule has 0 bridgehead atoms. The van der Waals surface area contributed by atoms with Crippen LogP contribution in [0.4, 0.5) is 17.1 Å². The van der Waals surface area contributed by atoms with Crippen molar-refractivity contribution in [3.05, 3.63) is 95.5 Å². The maximum absolute atomic E-state index is 6.14. The molecule has 0 aliphatic carbocycles. The molecule has 2 heterocycles. The van der Waals surface area contributed by atoms with Gasteiger partial charge in [-0.1, -0.05) is 36.4 Å². The van der Waals surface area contributed by atoms with Crippen molar-refractivity contribution in [2.24, 2.45) is 0 Å². The predicted octanol–water partition coefficient (Wildman–Crippen LogP) is 7.83. The van der Waals surface area contributed by atoms with E-state index < -0.39 is 0 Å². The number of halogens is 1. The van der Waals surface area contributed by atoms with Gasteiger partial charge in [0.15, 0.2) is 17.1 Å². The monoisotopic (exact) mass is 454 g/mol. The van der Waals surface area contributed by atoms with Crippen molar-refractivity contribution >= 4 is 44.1 Å². The molecule has 144 valence electrons. The van der Waals surface area contributed by atoms with E-state index in [1.807, 2.05) is 72.8 Å². The van der Waals surface area contributed by atoms with Gasteiger partial charge >= 0.3 is 0 Å². The van der Waals surface area contributed by atoms with Crippen molar-refractivity contribution in [1.29, 1.82) is 0 Å². The molecular formula is C25H15BrN2O2. The molecule has 1 aliphatic rings. The number of oxazole rings is 1. The van der Waals surface area contributed by atoms with Crippen LogP contribution in [0, 0.1) is 0 Å². The highest BCUT2D eigenvalue weighted by Crippen LogP contribution is 2.52. The minimum absolute atomic E-state index is 0.597. The Bertz CT molecular complexity index is 1330. The van der Waals surface area contributed by atoms with Crippen LogP contribution in [-0.2, 0) is 0 Å². The van der Waals surface area contributed by atoms with Crippen molar-refractivity contribution in [3.63, 3.8) is 0 Å². The number of ether oxygens (including phenoxy) is 1. The van der Waals surface area contributed by atoms with E-state index in [2.05, 4.69) is 44.0 Å². The molecule has 0 saturated heterocycles. The fourth-order valence-electron chi connectivity index (χ4n) is 3.78. The summed E-state index contributed by atoms with van der Waals surface area (Å²) >= 11 is 3.74. The largest absolute Gasteiger partial charge is 0.453 e. The standard InChI is InChI=1S/C25H15BrN2O2/c26-17-14-13-16(25-27-18-7-1-4-10-22(18)30-25)15-21(17)28-19-8-2-5-11-23(19)29-24-12-6-3-9-20(24)28/h1-15H. The second-order valence-corrected chi connectivity index (χ2v) is 7.88. The summed E-state index contributed by atoms with van der Waals surface area (Å²) in [6, 6.07) is 30.0. The van der Waals surface area contributed by atoms with E-state index in [0.717, 1.165) is 49.7 Å². The Hall–Kier alpha value is -3.57. The van der Waals surface area contributed by atoms with Gasteiger partial charge in [0.25, 0.3) is 0 Å². The van der Waals surface area contributed by atoms with Gasteiger partial charge in [-0.15, -0.1) is 0 Å². The van der Waals surface area contributed by atoms with Crippen molar-refractivity contribution in [2.75, 3.05) is 4.90 Å². The number of para-hydroxylation sites is 6. The lowest BCUT2D eigenvalue weighted by Crippen LogP contribution is -2.16. The Morgan fingerprint density at radius 2 is 1.37 bits per heavy atom. The van der Waals surface area contributed by atoms with E-state index in [1.54, 1.807) is 0 Å². The van der Waals surface area contributed by atoms with Gasteiger partial charge in [0, 0.05) is 10.0 Å². The van der Waals surface area contributed by atoms with Crippen LogP contribution in [0.15, 0.2) is 99.9 Å². The molecule has 0 spiro atoms. The first-order valence-corrected chi connectivity index (χ1v) is 10.4. The Kier molecular flexibility index (Phi) is 3.89. The van der Waals surface area contributed by atoms with E-state index in [4.69, 9.17) is 9.15 Å². The number of hydrogen-bond donors (Lipinski definition) is 0. The average Bonchev–Trinajstić information content (AvgIpc) is 3.22.